The molecule has 1 aliphatic heterocycles. The Morgan fingerprint density at radius 1 is 1.06 bits per heavy atom. The second-order valence-corrected chi connectivity index (χ2v) is 9.16. The minimum absolute atomic E-state index is 0.0200. The fourth-order valence-corrected chi connectivity index (χ4v) is 4.43. The molecular weight excluding hydrogens is 467 g/mol. The summed E-state index contributed by atoms with van der Waals surface area (Å²) >= 11 is 12.1. The molecule has 1 aromatic carbocycles. The molecular formula is C23H26Cl2N4O4. The fraction of sp³-hybridized carbons (Fsp3) is 0.435. The molecule has 1 atom stereocenters. The molecule has 0 N–H and O–H groups in total. The van der Waals surface area contributed by atoms with E-state index in [2.05, 4.69) is 9.97 Å². The van der Waals surface area contributed by atoms with Gasteiger partial charge in [-0.2, -0.15) is 0 Å². The summed E-state index contributed by atoms with van der Waals surface area (Å²) in [6.45, 7) is 8.18. The van der Waals surface area contributed by atoms with E-state index < -0.39 is 11.9 Å². The maximum atomic E-state index is 13.4. The summed E-state index contributed by atoms with van der Waals surface area (Å²) in [5.74, 6) is -0.969. The molecule has 10 heteroatoms. The molecule has 1 unspecified atom stereocenters. The van der Waals surface area contributed by atoms with Crippen molar-refractivity contribution in [2.45, 2.75) is 39.7 Å². The third-order valence-corrected chi connectivity index (χ3v) is 5.91. The van der Waals surface area contributed by atoms with Crippen molar-refractivity contribution in [2.24, 2.45) is 0 Å². The second-order valence-electron chi connectivity index (χ2n) is 8.28. The quantitative estimate of drug-likeness (QED) is 0.599. The Hall–Kier alpha value is -2.71. The molecule has 0 saturated carbocycles. The van der Waals surface area contributed by atoms with Gasteiger partial charge in [0.05, 0.1) is 12.8 Å². The highest BCUT2D eigenvalue weighted by atomic mass is 35.5. The molecule has 176 valence electrons. The lowest BCUT2D eigenvalue weighted by Gasteiger charge is -2.40. The Morgan fingerprint density at radius 3 is 2.24 bits per heavy atom. The lowest BCUT2D eigenvalue weighted by atomic mass is 10.0. The molecule has 8 nitrogen and oxygen atoms in total. The smallest absolute Gasteiger partial charge is 0.342 e. The first-order chi connectivity index (χ1) is 15.5. The van der Waals surface area contributed by atoms with E-state index in [4.69, 9.17) is 27.9 Å². The lowest BCUT2D eigenvalue weighted by Crippen LogP contribution is -2.55. The van der Waals surface area contributed by atoms with E-state index in [0.717, 1.165) is 0 Å². The molecule has 2 aromatic rings. The van der Waals surface area contributed by atoms with Gasteiger partial charge >= 0.3 is 5.97 Å². The third kappa shape index (κ3) is 5.28. The van der Waals surface area contributed by atoms with Gasteiger partial charge in [-0.05, 0) is 38.0 Å². The Labute approximate surface area is 202 Å². The molecule has 1 aromatic heterocycles. The van der Waals surface area contributed by atoms with E-state index in [1.54, 1.807) is 34.9 Å². The number of halogens is 2. The highest BCUT2D eigenvalue weighted by Gasteiger charge is 2.34. The van der Waals surface area contributed by atoms with Crippen LogP contribution in [0.2, 0.25) is 10.0 Å². The summed E-state index contributed by atoms with van der Waals surface area (Å²) in [5.41, 5.74) is 0.965. The van der Waals surface area contributed by atoms with Crippen molar-refractivity contribution in [3.05, 3.63) is 56.6 Å². The van der Waals surface area contributed by atoms with Gasteiger partial charge in [-0.1, -0.05) is 37.0 Å². The van der Waals surface area contributed by atoms with Crippen LogP contribution in [0.4, 0.5) is 0 Å². The van der Waals surface area contributed by atoms with Gasteiger partial charge in [-0.25, -0.2) is 14.8 Å². The first-order valence-electron chi connectivity index (χ1n) is 10.6. The van der Waals surface area contributed by atoms with Crippen molar-refractivity contribution < 1.29 is 19.1 Å². The number of carbonyl (C=O) groups is 3. The van der Waals surface area contributed by atoms with Gasteiger partial charge in [0.25, 0.3) is 11.8 Å². The molecule has 3 rings (SSSR count). The van der Waals surface area contributed by atoms with E-state index in [9.17, 15) is 14.4 Å². The summed E-state index contributed by atoms with van der Waals surface area (Å²) < 4.78 is 4.92. The van der Waals surface area contributed by atoms with E-state index >= 15 is 0 Å². The Balaban J connectivity index is 1.87. The number of piperazine rings is 1. The van der Waals surface area contributed by atoms with Crippen molar-refractivity contribution in [1.82, 2.24) is 19.8 Å². The van der Waals surface area contributed by atoms with Crippen LogP contribution in [0.25, 0.3) is 0 Å². The molecule has 2 amide bonds. The highest BCUT2D eigenvalue weighted by Crippen LogP contribution is 2.25. The maximum Gasteiger partial charge on any atom is 0.342 e. The van der Waals surface area contributed by atoms with Crippen LogP contribution >= 0.6 is 23.2 Å². The monoisotopic (exact) mass is 492 g/mol. The fourth-order valence-electron chi connectivity index (χ4n) is 3.91. The predicted molar refractivity (Wildman–Crippen MR) is 125 cm³/mol. The summed E-state index contributed by atoms with van der Waals surface area (Å²) in [6.07, 6.45) is 0. The molecule has 0 aliphatic carbocycles. The molecule has 0 spiro atoms. The van der Waals surface area contributed by atoms with Crippen LogP contribution in [0.15, 0.2) is 18.2 Å². The number of amides is 2. The maximum absolute atomic E-state index is 13.4. The van der Waals surface area contributed by atoms with Crippen molar-refractivity contribution in [2.75, 3.05) is 26.7 Å². The highest BCUT2D eigenvalue weighted by molar-refractivity contribution is 6.35. The number of benzene rings is 1. The van der Waals surface area contributed by atoms with Gasteiger partial charge in [-0.15, -0.1) is 0 Å². The Bertz CT molecular complexity index is 1090. The molecule has 0 bridgehead atoms. The van der Waals surface area contributed by atoms with Crippen LogP contribution in [-0.4, -0.2) is 70.3 Å². The summed E-state index contributed by atoms with van der Waals surface area (Å²) in [4.78, 5) is 50.9. The normalized spacial score (nSPS) is 16.2. The largest absolute Gasteiger partial charge is 0.465 e. The van der Waals surface area contributed by atoms with E-state index in [1.807, 2.05) is 20.8 Å². The Kier molecular flexibility index (Phi) is 7.59. The molecule has 1 fully saturated rings. The van der Waals surface area contributed by atoms with Crippen LogP contribution in [0.1, 0.15) is 69.4 Å². The summed E-state index contributed by atoms with van der Waals surface area (Å²) in [6, 6.07) is 4.43. The van der Waals surface area contributed by atoms with E-state index in [1.165, 1.54) is 7.11 Å². The van der Waals surface area contributed by atoms with Gasteiger partial charge in [0.15, 0.2) is 0 Å². The topological polar surface area (TPSA) is 92.7 Å². The van der Waals surface area contributed by atoms with Gasteiger partial charge in [-0.3, -0.25) is 9.59 Å². The second kappa shape index (κ2) is 10.1. The van der Waals surface area contributed by atoms with Crippen LogP contribution in [-0.2, 0) is 4.74 Å². The SMILES string of the molecule is COC(=O)c1c(C(=O)N2CCN(C(=O)c3cc(Cl)cc(Cl)c3)C(C)C2)nc(C)nc1C(C)C. The first-order valence-corrected chi connectivity index (χ1v) is 11.3. The van der Waals surface area contributed by atoms with Gasteiger partial charge in [0.1, 0.15) is 17.1 Å². The average molecular weight is 493 g/mol. The lowest BCUT2D eigenvalue weighted by molar-refractivity contribution is 0.0408. The minimum Gasteiger partial charge on any atom is -0.465 e. The number of hydrogen-bond donors (Lipinski definition) is 0. The van der Waals surface area contributed by atoms with Crippen molar-refractivity contribution in [3.63, 3.8) is 0 Å². The standard InChI is InChI=1S/C23H26Cl2N4O4/c1-12(2)19-18(23(32)33-5)20(27-14(4)26-19)22(31)28-6-7-29(13(3)11-28)21(30)15-8-16(24)10-17(25)9-15/h8-10,12-13H,6-7,11H2,1-5H3. The van der Waals surface area contributed by atoms with E-state index in [0.29, 0.717) is 33.7 Å². The third-order valence-electron chi connectivity index (χ3n) is 5.47. The zero-order valence-electron chi connectivity index (χ0n) is 19.2. The number of esters is 1. The average Bonchev–Trinajstić information content (AvgIpc) is 2.76. The zero-order valence-corrected chi connectivity index (χ0v) is 20.7. The Morgan fingerprint density at radius 2 is 1.70 bits per heavy atom. The summed E-state index contributed by atoms with van der Waals surface area (Å²) in [7, 11) is 1.26. The summed E-state index contributed by atoms with van der Waals surface area (Å²) in [5, 5.41) is 0.755. The number of carbonyl (C=O) groups excluding carboxylic acids is 3. The number of aryl methyl sites for hydroxylation is 1. The van der Waals surface area contributed by atoms with Crippen molar-refractivity contribution in [3.8, 4) is 0 Å². The van der Waals surface area contributed by atoms with Crippen molar-refractivity contribution >= 4 is 41.0 Å². The van der Waals surface area contributed by atoms with Crippen molar-refractivity contribution in [1.29, 1.82) is 0 Å². The number of rotatable bonds is 4. The zero-order chi connectivity index (χ0) is 24.4. The molecule has 1 aliphatic rings. The molecule has 0 radical (unpaired) electrons. The molecule has 33 heavy (non-hydrogen) atoms. The van der Waals surface area contributed by atoms with Gasteiger partial charge < -0.3 is 14.5 Å². The van der Waals surface area contributed by atoms with Gasteiger partial charge in [0, 0.05) is 41.3 Å². The number of ether oxygens (including phenoxy) is 1. The molecule has 2 heterocycles. The van der Waals surface area contributed by atoms with Crippen LogP contribution in [0, 0.1) is 6.92 Å². The number of methoxy groups -OCH3 is 1. The van der Waals surface area contributed by atoms with E-state index in [-0.39, 0.29) is 42.2 Å². The predicted octanol–water partition coefficient (Wildman–Crippen LogP) is 3.99. The minimum atomic E-state index is -0.651. The first kappa shape index (κ1) is 24.9. The van der Waals surface area contributed by atoms with Crippen LogP contribution < -0.4 is 0 Å². The molecule has 1 saturated heterocycles. The van der Waals surface area contributed by atoms with Crippen LogP contribution in [0.5, 0.6) is 0 Å². The van der Waals surface area contributed by atoms with Crippen LogP contribution in [0.3, 0.4) is 0 Å². The number of nitrogens with zero attached hydrogens (tertiary/aromatic N) is 4. The number of hydrogen-bond acceptors (Lipinski definition) is 6. The number of aromatic nitrogens is 2. The van der Waals surface area contributed by atoms with Gasteiger partial charge in [0.2, 0.25) is 0 Å².